The third-order valence-corrected chi connectivity index (χ3v) is 4.38. The molecule has 1 aliphatic rings. The van der Waals surface area contributed by atoms with E-state index in [1.54, 1.807) is 24.3 Å². The van der Waals surface area contributed by atoms with Crippen LogP contribution >= 0.6 is 11.6 Å². The first-order chi connectivity index (χ1) is 11.8. The number of hydrogen-bond acceptors (Lipinski definition) is 5. The molecule has 0 saturated heterocycles. The molecule has 25 heavy (non-hydrogen) atoms. The SMILES string of the molecule is CC1(C)Cc2c(C#N)c(N)n(/N=C/C(=O)c3ccc(Cl)cc3)c2CO1. The van der Waals surface area contributed by atoms with E-state index < -0.39 is 0 Å². The Hall–Kier alpha value is -2.62. The summed E-state index contributed by atoms with van der Waals surface area (Å²) in [6.45, 7) is 4.19. The third kappa shape index (κ3) is 3.29. The van der Waals surface area contributed by atoms with Gasteiger partial charge in [-0.1, -0.05) is 11.6 Å². The predicted molar refractivity (Wildman–Crippen MR) is 95.8 cm³/mol. The van der Waals surface area contributed by atoms with Crippen LogP contribution in [0.4, 0.5) is 5.82 Å². The van der Waals surface area contributed by atoms with E-state index in [0.717, 1.165) is 5.56 Å². The van der Waals surface area contributed by atoms with E-state index in [0.29, 0.717) is 28.3 Å². The van der Waals surface area contributed by atoms with Crippen molar-refractivity contribution < 1.29 is 9.53 Å². The Morgan fingerprint density at radius 3 is 2.76 bits per heavy atom. The number of nitriles is 1. The summed E-state index contributed by atoms with van der Waals surface area (Å²) in [5.74, 6) is -0.0666. The van der Waals surface area contributed by atoms with Gasteiger partial charge < -0.3 is 10.5 Å². The van der Waals surface area contributed by atoms with E-state index >= 15 is 0 Å². The number of aromatic nitrogens is 1. The second kappa shape index (κ2) is 6.36. The monoisotopic (exact) mass is 356 g/mol. The van der Waals surface area contributed by atoms with Crippen molar-refractivity contribution in [3.8, 4) is 6.07 Å². The predicted octanol–water partition coefficient (Wildman–Crippen LogP) is 3.16. The van der Waals surface area contributed by atoms with E-state index in [-0.39, 0.29) is 23.8 Å². The average Bonchev–Trinajstić information content (AvgIpc) is 2.82. The number of halogens is 1. The zero-order valence-electron chi connectivity index (χ0n) is 13.9. The van der Waals surface area contributed by atoms with Gasteiger partial charge in [-0.3, -0.25) is 4.79 Å². The molecule has 2 N–H and O–H groups in total. The molecule has 0 aliphatic carbocycles. The molecule has 1 aromatic carbocycles. The molecular weight excluding hydrogens is 340 g/mol. The van der Waals surface area contributed by atoms with Crippen molar-refractivity contribution in [3.63, 3.8) is 0 Å². The lowest BCUT2D eigenvalue weighted by Crippen LogP contribution is -2.32. The van der Waals surface area contributed by atoms with Gasteiger partial charge in [-0.2, -0.15) is 10.4 Å². The molecule has 0 atom stereocenters. The number of hydrogen-bond donors (Lipinski definition) is 1. The van der Waals surface area contributed by atoms with Crippen LogP contribution in [0.1, 0.15) is 41.0 Å². The Kier molecular flexibility index (Phi) is 4.38. The molecule has 0 fully saturated rings. The van der Waals surface area contributed by atoms with Gasteiger partial charge in [0.1, 0.15) is 11.9 Å². The summed E-state index contributed by atoms with van der Waals surface area (Å²) < 4.78 is 7.20. The number of nitrogens with two attached hydrogens (primary N) is 1. The number of benzene rings is 1. The number of ether oxygens (including phenoxy) is 1. The third-order valence-electron chi connectivity index (χ3n) is 4.12. The summed E-state index contributed by atoms with van der Waals surface area (Å²) in [5, 5.41) is 14.2. The minimum atomic E-state index is -0.375. The molecule has 0 radical (unpaired) electrons. The highest BCUT2D eigenvalue weighted by Gasteiger charge is 2.33. The lowest BCUT2D eigenvalue weighted by atomic mass is 9.93. The number of rotatable bonds is 3. The topological polar surface area (TPSA) is 93.4 Å². The summed E-state index contributed by atoms with van der Waals surface area (Å²) in [4.78, 5) is 12.2. The van der Waals surface area contributed by atoms with E-state index in [1.807, 2.05) is 13.8 Å². The van der Waals surface area contributed by atoms with Crippen molar-refractivity contribution >= 4 is 29.4 Å². The summed E-state index contributed by atoms with van der Waals surface area (Å²) in [5.41, 5.74) is 8.08. The van der Waals surface area contributed by atoms with Gasteiger partial charge in [0, 0.05) is 22.6 Å². The maximum absolute atomic E-state index is 12.2. The second-order valence-electron chi connectivity index (χ2n) is 6.45. The first kappa shape index (κ1) is 17.2. The summed E-state index contributed by atoms with van der Waals surface area (Å²) in [7, 11) is 0. The molecule has 2 aromatic rings. The van der Waals surface area contributed by atoms with Gasteiger partial charge in [-0.05, 0) is 38.1 Å². The minimum Gasteiger partial charge on any atom is -0.383 e. The van der Waals surface area contributed by atoms with Crippen molar-refractivity contribution in [2.75, 3.05) is 5.73 Å². The quantitative estimate of drug-likeness (QED) is 0.675. The standard InChI is InChI=1S/C18H17ClN4O2/c1-18(2)7-13-14(8-20)17(21)23(15(13)10-25-18)22-9-16(24)11-3-5-12(19)6-4-11/h3-6,9H,7,10,21H2,1-2H3/b22-9+. The molecule has 0 unspecified atom stereocenters. The molecular formula is C18H17ClN4O2. The molecule has 6 nitrogen and oxygen atoms in total. The number of nitrogen functional groups attached to an aromatic ring is 1. The fourth-order valence-electron chi connectivity index (χ4n) is 2.81. The first-order valence-electron chi connectivity index (χ1n) is 7.72. The van der Waals surface area contributed by atoms with Crippen LogP contribution in [-0.2, 0) is 17.8 Å². The molecule has 0 spiro atoms. The van der Waals surface area contributed by atoms with Gasteiger partial charge in [0.2, 0.25) is 5.78 Å². The molecule has 1 aliphatic heterocycles. The maximum Gasteiger partial charge on any atom is 0.205 e. The lowest BCUT2D eigenvalue weighted by molar-refractivity contribution is -0.0427. The lowest BCUT2D eigenvalue weighted by Gasteiger charge is -2.30. The smallest absolute Gasteiger partial charge is 0.205 e. The van der Waals surface area contributed by atoms with Crippen LogP contribution in [0.3, 0.4) is 0 Å². The zero-order valence-corrected chi connectivity index (χ0v) is 14.7. The Bertz CT molecular complexity index is 905. The van der Waals surface area contributed by atoms with Gasteiger partial charge >= 0.3 is 0 Å². The van der Waals surface area contributed by atoms with Crippen LogP contribution in [0.5, 0.6) is 0 Å². The summed E-state index contributed by atoms with van der Waals surface area (Å²) >= 11 is 5.82. The van der Waals surface area contributed by atoms with Crippen LogP contribution in [0.25, 0.3) is 0 Å². The van der Waals surface area contributed by atoms with E-state index in [9.17, 15) is 10.1 Å². The largest absolute Gasteiger partial charge is 0.383 e. The van der Waals surface area contributed by atoms with Gasteiger partial charge in [0.05, 0.1) is 29.7 Å². The highest BCUT2D eigenvalue weighted by atomic mass is 35.5. The van der Waals surface area contributed by atoms with E-state index in [4.69, 9.17) is 22.1 Å². The molecule has 0 amide bonds. The van der Waals surface area contributed by atoms with Crippen molar-refractivity contribution in [3.05, 3.63) is 51.7 Å². The number of nitrogens with zero attached hydrogens (tertiary/aromatic N) is 3. The maximum atomic E-state index is 12.2. The van der Waals surface area contributed by atoms with E-state index in [2.05, 4.69) is 11.2 Å². The normalized spacial score (nSPS) is 15.8. The Morgan fingerprint density at radius 1 is 1.44 bits per heavy atom. The molecule has 0 bridgehead atoms. The fraction of sp³-hybridized carbons (Fsp3) is 0.278. The average molecular weight is 357 g/mol. The highest BCUT2D eigenvalue weighted by Crippen LogP contribution is 2.34. The summed E-state index contributed by atoms with van der Waals surface area (Å²) in [6.07, 6.45) is 1.74. The Morgan fingerprint density at radius 2 is 2.12 bits per heavy atom. The fourth-order valence-corrected chi connectivity index (χ4v) is 2.94. The Balaban J connectivity index is 1.96. The van der Waals surface area contributed by atoms with Crippen LogP contribution in [0, 0.1) is 11.3 Å². The van der Waals surface area contributed by atoms with Gasteiger partial charge in [-0.15, -0.1) is 0 Å². The number of fused-ring (bicyclic) bond motifs is 1. The number of anilines is 1. The highest BCUT2D eigenvalue weighted by molar-refractivity contribution is 6.36. The van der Waals surface area contributed by atoms with Gasteiger partial charge in [0.25, 0.3) is 0 Å². The zero-order chi connectivity index (χ0) is 18.2. The van der Waals surface area contributed by atoms with Crippen LogP contribution in [-0.4, -0.2) is 22.3 Å². The van der Waals surface area contributed by atoms with Crippen molar-refractivity contribution in [2.24, 2.45) is 5.10 Å². The van der Waals surface area contributed by atoms with Crippen LogP contribution < -0.4 is 5.73 Å². The van der Waals surface area contributed by atoms with Crippen molar-refractivity contribution in [1.29, 1.82) is 5.26 Å². The second-order valence-corrected chi connectivity index (χ2v) is 6.89. The number of carbonyl (C=O) groups is 1. The first-order valence-corrected chi connectivity index (χ1v) is 8.10. The van der Waals surface area contributed by atoms with E-state index in [1.165, 1.54) is 10.9 Å². The van der Waals surface area contributed by atoms with Gasteiger partial charge in [0.15, 0.2) is 0 Å². The van der Waals surface area contributed by atoms with Gasteiger partial charge in [-0.25, -0.2) is 4.68 Å². The Labute approximate surface area is 150 Å². The number of Topliss-reactive ketones (excluding diaryl/α,β-unsaturated/α-hetero) is 1. The van der Waals surface area contributed by atoms with Crippen molar-refractivity contribution in [2.45, 2.75) is 32.5 Å². The molecule has 3 rings (SSSR count). The van der Waals surface area contributed by atoms with Crippen LogP contribution in [0.15, 0.2) is 29.4 Å². The number of ketones is 1. The molecule has 7 heteroatoms. The van der Waals surface area contributed by atoms with Crippen molar-refractivity contribution in [1.82, 2.24) is 4.68 Å². The molecule has 2 heterocycles. The molecule has 1 aromatic heterocycles. The minimum absolute atomic E-state index is 0.217. The molecule has 0 saturated carbocycles. The summed E-state index contributed by atoms with van der Waals surface area (Å²) in [6, 6.07) is 8.65. The van der Waals surface area contributed by atoms with Crippen LogP contribution in [0.2, 0.25) is 5.02 Å². The molecule has 128 valence electrons. The number of carbonyl (C=O) groups excluding carboxylic acids is 1.